The van der Waals surface area contributed by atoms with Crippen LogP contribution in [0, 0.1) is 0 Å². The molecule has 0 aliphatic heterocycles. The molecular weight excluding hydrogens is 398 g/mol. The van der Waals surface area contributed by atoms with Gasteiger partial charge in [0, 0.05) is 23.9 Å². The summed E-state index contributed by atoms with van der Waals surface area (Å²) in [6, 6.07) is 8.22. The SMILES string of the molecule is C1=CCc2[nH]c(-c3n[nH]c4ccc(-c5cncc(OC6CCCCC6)c5)nc34)cc2C=C1. The summed E-state index contributed by atoms with van der Waals surface area (Å²) in [5.74, 6) is 0.816. The molecule has 6 heteroatoms. The van der Waals surface area contributed by atoms with Gasteiger partial charge >= 0.3 is 0 Å². The lowest BCUT2D eigenvalue weighted by atomic mass is 9.98. The van der Waals surface area contributed by atoms with Crippen LogP contribution >= 0.6 is 0 Å². The summed E-state index contributed by atoms with van der Waals surface area (Å²) in [5.41, 5.74) is 7.74. The van der Waals surface area contributed by atoms with Crippen molar-refractivity contribution >= 4 is 17.1 Å². The first-order valence-electron chi connectivity index (χ1n) is 11.4. The number of rotatable bonds is 4. The van der Waals surface area contributed by atoms with Gasteiger partial charge in [-0.2, -0.15) is 5.10 Å². The van der Waals surface area contributed by atoms with Crippen LogP contribution in [-0.2, 0) is 6.42 Å². The van der Waals surface area contributed by atoms with Crippen molar-refractivity contribution in [3.63, 3.8) is 0 Å². The van der Waals surface area contributed by atoms with Crippen LogP contribution in [0.3, 0.4) is 0 Å². The molecule has 4 aromatic heterocycles. The minimum Gasteiger partial charge on any atom is -0.489 e. The van der Waals surface area contributed by atoms with Crippen LogP contribution in [0.5, 0.6) is 5.75 Å². The second-order valence-corrected chi connectivity index (χ2v) is 8.56. The summed E-state index contributed by atoms with van der Waals surface area (Å²) in [4.78, 5) is 12.9. The molecule has 2 N–H and O–H groups in total. The minimum atomic E-state index is 0.295. The predicted octanol–water partition coefficient (Wildman–Crippen LogP) is 5.85. The highest BCUT2D eigenvalue weighted by molar-refractivity contribution is 5.90. The maximum Gasteiger partial charge on any atom is 0.138 e. The third-order valence-electron chi connectivity index (χ3n) is 6.31. The van der Waals surface area contributed by atoms with Crippen LogP contribution in [0.1, 0.15) is 43.4 Å². The molecule has 2 aliphatic carbocycles. The van der Waals surface area contributed by atoms with Gasteiger partial charge in [-0.1, -0.05) is 30.7 Å². The van der Waals surface area contributed by atoms with E-state index in [4.69, 9.17) is 9.72 Å². The number of hydrogen-bond acceptors (Lipinski definition) is 4. The summed E-state index contributed by atoms with van der Waals surface area (Å²) in [5, 5.41) is 7.68. The fourth-order valence-electron chi connectivity index (χ4n) is 4.63. The molecule has 0 spiro atoms. The van der Waals surface area contributed by atoms with Gasteiger partial charge in [0.2, 0.25) is 0 Å². The van der Waals surface area contributed by atoms with E-state index in [1.165, 1.54) is 30.5 Å². The Balaban J connectivity index is 1.34. The highest BCUT2D eigenvalue weighted by atomic mass is 16.5. The summed E-state index contributed by atoms with van der Waals surface area (Å²) in [6.07, 6.45) is 19.3. The maximum atomic E-state index is 6.21. The third-order valence-corrected chi connectivity index (χ3v) is 6.31. The Morgan fingerprint density at radius 2 is 1.94 bits per heavy atom. The second kappa shape index (κ2) is 8.11. The van der Waals surface area contributed by atoms with Gasteiger partial charge in [-0.25, -0.2) is 4.98 Å². The van der Waals surface area contributed by atoms with Crippen molar-refractivity contribution in [3.8, 4) is 28.4 Å². The molecule has 0 atom stereocenters. The van der Waals surface area contributed by atoms with Crippen LogP contribution in [0.2, 0.25) is 0 Å². The zero-order valence-corrected chi connectivity index (χ0v) is 17.8. The van der Waals surface area contributed by atoms with E-state index in [1.807, 2.05) is 24.4 Å². The van der Waals surface area contributed by atoms with Crippen molar-refractivity contribution in [1.82, 2.24) is 25.1 Å². The summed E-state index contributed by atoms with van der Waals surface area (Å²) < 4.78 is 6.21. The molecule has 2 aliphatic rings. The third kappa shape index (κ3) is 3.62. The van der Waals surface area contributed by atoms with E-state index in [-0.39, 0.29) is 0 Å². The standard InChI is InChI=1S/C26H25N5O/c1-3-7-17-14-24(28-21(17)10-6-1)26-25-23(30-31-26)12-11-22(29-25)18-13-20(16-27-15-18)32-19-8-4-2-5-9-19/h1,3,6-7,11-16,19,28H,2,4-5,8-10H2,(H,30,31). The van der Waals surface area contributed by atoms with Gasteiger partial charge in [0.25, 0.3) is 0 Å². The molecule has 0 aromatic carbocycles. The quantitative estimate of drug-likeness (QED) is 0.431. The molecule has 4 heterocycles. The fourth-order valence-corrected chi connectivity index (χ4v) is 4.63. The fraction of sp³-hybridized carbons (Fsp3) is 0.269. The Labute approximate surface area is 186 Å². The molecule has 0 radical (unpaired) electrons. The predicted molar refractivity (Wildman–Crippen MR) is 126 cm³/mol. The van der Waals surface area contributed by atoms with Crippen LogP contribution in [-0.4, -0.2) is 31.3 Å². The molecule has 4 aromatic rings. The number of pyridine rings is 2. The second-order valence-electron chi connectivity index (χ2n) is 8.56. The summed E-state index contributed by atoms with van der Waals surface area (Å²) in [6.45, 7) is 0. The van der Waals surface area contributed by atoms with Crippen molar-refractivity contribution in [2.45, 2.75) is 44.6 Å². The number of allylic oxidation sites excluding steroid dienone is 3. The molecule has 32 heavy (non-hydrogen) atoms. The number of fused-ring (bicyclic) bond motifs is 2. The molecule has 6 nitrogen and oxygen atoms in total. The van der Waals surface area contributed by atoms with Gasteiger partial charge in [-0.3, -0.25) is 10.1 Å². The topological polar surface area (TPSA) is 79.5 Å². The highest BCUT2D eigenvalue weighted by Crippen LogP contribution is 2.31. The summed E-state index contributed by atoms with van der Waals surface area (Å²) in [7, 11) is 0. The number of hydrogen-bond donors (Lipinski definition) is 2. The van der Waals surface area contributed by atoms with Gasteiger partial charge in [0.1, 0.15) is 17.0 Å². The highest BCUT2D eigenvalue weighted by Gasteiger charge is 2.17. The first kappa shape index (κ1) is 19.0. The Morgan fingerprint density at radius 3 is 2.88 bits per heavy atom. The van der Waals surface area contributed by atoms with Crippen molar-refractivity contribution in [1.29, 1.82) is 0 Å². The number of aromatic amines is 2. The minimum absolute atomic E-state index is 0.295. The maximum absolute atomic E-state index is 6.21. The monoisotopic (exact) mass is 423 g/mol. The Morgan fingerprint density at radius 1 is 1.00 bits per heavy atom. The lowest BCUT2D eigenvalue weighted by Gasteiger charge is -2.22. The van der Waals surface area contributed by atoms with Crippen LogP contribution in [0.4, 0.5) is 0 Å². The molecule has 6 rings (SSSR count). The van der Waals surface area contributed by atoms with Crippen LogP contribution < -0.4 is 4.74 Å². The zero-order chi connectivity index (χ0) is 21.3. The van der Waals surface area contributed by atoms with E-state index < -0.39 is 0 Å². The van der Waals surface area contributed by atoms with Gasteiger partial charge < -0.3 is 9.72 Å². The average Bonchev–Trinajstić information content (AvgIpc) is 3.37. The normalized spacial score (nSPS) is 16.2. The zero-order valence-electron chi connectivity index (χ0n) is 17.8. The number of nitrogens with zero attached hydrogens (tertiary/aromatic N) is 3. The lowest BCUT2D eigenvalue weighted by Crippen LogP contribution is -2.19. The Hall–Kier alpha value is -3.67. The van der Waals surface area contributed by atoms with Crippen molar-refractivity contribution in [2.24, 2.45) is 0 Å². The lowest BCUT2D eigenvalue weighted by molar-refractivity contribution is 0.154. The Bertz CT molecular complexity index is 1320. The molecule has 1 saturated carbocycles. The first-order valence-corrected chi connectivity index (χ1v) is 11.4. The van der Waals surface area contributed by atoms with E-state index >= 15 is 0 Å². The molecule has 0 saturated heterocycles. The number of aromatic nitrogens is 5. The number of nitrogens with one attached hydrogen (secondary N) is 2. The van der Waals surface area contributed by atoms with E-state index in [0.29, 0.717) is 6.10 Å². The van der Waals surface area contributed by atoms with Gasteiger partial charge in [-0.05, 0) is 55.5 Å². The number of ether oxygens (including phenoxy) is 1. The van der Waals surface area contributed by atoms with Gasteiger partial charge in [0.15, 0.2) is 0 Å². The average molecular weight is 424 g/mol. The molecule has 0 bridgehead atoms. The Kier molecular flexibility index (Phi) is 4.83. The van der Waals surface area contributed by atoms with Crippen LogP contribution in [0.25, 0.3) is 39.8 Å². The largest absolute Gasteiger partial charge is 0.489 e. The van der Waals surface area contributed by atoms with Crippen LogP contribution in [0.15, 0.2) is 54.9 Å². The summed E-state index contributed by atoms with van der Waals surface area (Å²) >= 11 is 0. The molecule has 160 valence electrons. The van der Waals surface area contributed by atoms with E-state index in [0.717, 1.165) is 58.7 Å². The van der Waals surface area contributed by atoms with E-state index in [2.05, 4.69) is 50.5 Å². The van der Waals surface area contributed by atoms with E-state index in [9.17, 15) is 0 Å². The van der Waals surface area contributed by atoms with Crippen molar-refractivity contribution in [3.05, 3.63) is 66.1 Å². The molecule has 1 fully saturated rings. The number of H-pyrrole nitrogens is 2. The molecule has 0 unspecified atom stereocenters. The first-order chi connectivity index (χ1) is 15.8. The smallest absolute Gasteiger partial charge is 0.138 e. The molecular formula is C26H25N5O. The van der Waals surface area contributed by atoms with Crippen molar-refractivity contribution in [2.75, 3.05) is 0 Å². The van der Waals surface area contributed by atoms with E-state index in [1.54, 1.807) is 6.20 Å². The van der Waals surface area contributed by atoms with Gasteiger partial charge in [0.05, 0.1) is 29.2 Å². The van der Waals surface area contributed by atoms with Crippen molar-refractivity contribution < 1.29 is 4.74 Å². The van der Waals surface area contributed by atoms with Gasteiger partial charge in [-0.15, -0.1) is 0 Å². The molecule has 0 amide bonds.